The van der Waals surface area contributed by atoms with E-state index in [0.29, 0.717) is 11.6 Å². The predicted octanol–water partition coefficient (Wildman–Crippen LogP) is 3.26. The lowest BCUT2D eigenvalue weighted by Crippen LogP contribution is -2.41. The number of rotatable bonds is 4. The molecule has 3 rings (SSSR count). The van der Waals surface area contributed by atoms with Gasteiger partial charge >= 0.3 is 0 Å². The highest BCUT2D eigenvalue weighted by Crippen LogP contribution is 2.22. The molecule has 24 heavy (non-hydrogen) atoms. The van der Waals surface area contributed by atoms with Crippen LogP contribution in [0, 0.1) is 12.8 Å². The quantitative estimate of drug-likeness (QED) is 0.866. The van der Waals surface area contributed by atoms with Gasteiger partial charge < -0.3 is 4.90 Å². The van der Waals surface area contributed by atoms with Crippen molar-refractivity contribution in [2.45, 2.75) is 46.1 Å². The van der Waals surface area contributed by atoms with Crippen LogP contribution in [0.3, 0.4) is 0 Å². The molecule has 0 aliphatic carbocycles. The van der Waals surface area contributed by atoms with Crippen molar-refractivity contribution in [3.8, 4) is 0 Å². The van der Waals surface area contributed by atoms with Gasteiger partial charge in [0.05, 0.1) is 0 Å². The van der Waals surface area contributed by atoms with Crippen LogP contribution in [-0.2, 0) is 6.42 Å². The SMILES string of the molecule is Cc1cccc(C[C@H]2CCCN(C(=O)c3ccnn3C(C)C)C2)n1. The molecule has 0 spiro atoms. The lowest BCUT2D eigenvalue weighted by atomic mass is 9.93. The van der Waals surface area contributed by atoms with E-state index in [1.54, 1.807) is 6.20 Å². The number of piperidine rings is 1. The summed E-state index contributed by atoms with van der Waals surface area (Å²) in [6.07, 6.45) is 4.86. The minimum atomic E-state index is 0.100. The summed E-state index contributed by atoms with van der Waals surface area (Å²) in [5.41, 5.74) is 2.87. The van der Waals surface area contributed by atoms with Crippen LogP contribution in [0.15, 0.2) is 30.5 Å². The molecule has 1 amide bonds. The van der Waals surface area contributed by atoms with Gasteiger partial charge in [-0.15, -0.1) is 0 Å². The number of aromatic nitrogens is 3. The molecule has 2 aromatic heterocycles. The number of likely N-dealkylation sites (tertiary alicyclic amines) is 1. The van der Waals surface area contributed by atoms with Crippen molar-refractivity contribution in [1.82, 2.24) is 19.7 Å². The van der Waals surface area contributed by atoms with Gasteiger partial charge in [-0.2, -0.15) is 5.10 Å². The molecule has 0 saturated carbocycles. The molecule has 1 aliphatic heterocycles. The third-order valence-corrected chi connectivity index (χ3v) is 4.63. The monoisotopic (exact) mass is 326 g/mol. The number of carbonyl (C=O) groups is 1. The Bertz CT molecular complexity index is 707. The van der Waals surface area contributed by atoms with Crippen LogP contribution in [0.2, 0.25) is 0 Å². The number of nitrogens with zero attached hydrogens (tertiary/aromatic N) is 4. The number of pyridine rings is 1. The van der Waals surface area contributed by atoms with Gasteiger partial charge in [-0.05, 0) is 64.2 Å². The molecular weight excluding hydrogens is 300 g/mol. The van der Waals surface area contributed by atoms with Gasteiger partial charge in [-0.25, -0.2) is 0 Å². The normalized spacial score (nSPS) is 18.2. The van der Waals surface area contributed by atoms with E-state index in [2.05, 4.69) is 22.2 Å². The Balaban J connectivity index is 1.69. The van der Waals surface area contributed by atoms with Gasteiger partial charge in [-0.3, -0.25) is 14.5 Å². The molecule has 1 aliphatic rings. The average Bonchev–Trinajstić information content (AvgIpc) is 3.04. The largest absolute Gasteiger partial charge is 0.337 e. The van der Waals surface area contributed by atoms with E-state index in [4.69, 9.17) is 0 Å². The van der Waals surface area contributed by atoms with Gasteiger partial charge in [0.25, 0.3) is 5.91 Å². The lowest BCUT2D eigenvalue weighted by molar-refractivity contribution is 0.0658. The topological polar surface area (TPSA) is 51.0 Å². The van der Waals surface area contributed by atoms with Crippen LogP contribution >= 0.6 is 0 Å². The third kappa shape index (κ3) is 3.66. The minimum Gasteiger partial charge on any atom is -0.337 e. The van der Waals surface area contributed by atoms with Gasteiger partial charge in [0, 0.05) is 36.7 Å². The van der Waals surface area contributed by atoms with Gasteiger partial charge in [0.1, 0.15) is 5.69 Å². The van der Waals surface area contributed by atoms with Crippen molar-refractivity contribution in [1.29, 1.82) is 0 Å². The van der Waals surface area contributed by atoms with E-state index >= 15 is 0 Å². The van der Waals surface area contributed by atoms with Gasteiger partial charge in [0.2, 0.25) is 0 Å². The van der Waals surface area contributed by atoms with E-state index in [9.17, 15) is 4.79 Å². The zero-order valence-electron chi connectivity index (χ0n) is 14.8. The van der Waals surface area contributed by atoms with Gasteiger partial charge in [-0.1, -0.05) is 6.07 Å². The molecule has 0 aromatic carbocycles. The van der Waals surface area contributed by atoms with Crippen molar-refractivity contribution in [3.63, 3.8) is 0 Å². The molecule has 5 nitrogen and oxygen atoms in total. The Kier molecular flexibility index (Phi) is 4.97. The van der Waals surface area contributed by atoms with E-state index in [-0.39, 0.29) is 11.9 Å². The molecule has 1 saturated heterocycles. The summed E-state index contributed by atoms with van der Waals surface area (Å²) in [5.74, 6) is 0.579. The smallest absolute Gasteiger partial charge is 0.272 e. The van der Waals surface area contributed by atoms with E-state index < -0.39 is 0 Å². The first-order valence-electron chi connectivity index (χ1n) is 8.80. The highest BCUT2D eigenvalue weighted by atomic mass is 16.2. The zero-order valence-corrected chi connectivity index (χ0v) is 14.8. The lowest BCUT2D eigenvalue weighted by Gasteiger charge is -2.33. The zero-order chi connectivity index (χ0) is 17.1. The Morgan fingerprint density at radius 3 is 2.92 bits per heavy atom. The summed E-state index contributed by atoms with van der Waals surface area (Å²) in [6, 6.07) is 8.18. The summed E-state index contributed by atoms with van der Waals surface area (Å²) in [5, 5.41) is 4.29. The maximum absolute atomic E-state index is 12.9. The van der Waals surface area contributed by atoms with Crippen molar-refractivity contribution in [2.24, 2.45) is 5.92 Å². The fourth-order valence-corrected chi connectivity index (χ4v) is 3.48. The fourth-order valence-electron chi connectivity index (χ4n) is 3.48. The number of hydrogen-bond donors (Lipinski definition) is 0. The number of amides is 1. The highest BCUT2D eigenvalue weighted by molar-refractivity contribution is 5.92. The molecule has 0 radical (unpaired) electrons. The summed E-state index contributed by atoms with van der Waals surface area (Å²) in [6.45, 7) is 7.75. The first-order chi connectivity index (χ1) is 11.5. The Labute approximate surface area is 143 Å². The summed E-state index contributed by atoms with van der Waals surface area (Å²) in [7, 11) is 0. The Morgan fingerprint density at radius 1 is 1.33 bits per heavy atom. The molecule has 1 atom stereocenters. The molecule has 5 heteroatoms. The first kappa shape index (κ1) is 16.7. The predicted molar refractivity (Wildman–Crippen MR) is 93.9 cm³/mol. The fraction of sp³-hybridized carbons (Fsp3) is 0.526. The number of aryl methyl sites for hydroxylation is 1. The molecular formula is C19H26N4O. The number of hydrogen-bond acceptors (Lipinski definition) is 3. The van der Waals surface area contributed by atoms with Gasteiger partial charge in [0.15, 0.2) is 0 Å². The molecule has 3 heterocycles. The minimum absolute atomic E-state index is 0.100. The summed E-state index contributed by atoms with van der Waals surface area (Å²) >= 11 is 0. The molecule has 0 bridgehead atoms. The second kappa shape index (κ2) is 7.16. The summed E-state index contributed by atoms with van der Waals surface area (Å²) in [4.78, 5) is 19.5. The average molecular weight is 326 g/mol. The third-order valence-electron chi connectivity index (χ3n) is 4.63. The van der Waals surface area contributed by atoms with Crippen LogP contribution < -0.4 is 0 Å². The Morgan fingerprint density at radius 2 is 2.17 bits per heavy atom. The van der Waals surface area contributed by atoms with Crippen molar-refractivity contribution >= 4 is 5.91 Å². The van der Waals surface area contributed by atoms with Crippen LogP contribution in [-0.4, -0.2) is 38.7 Å². The highest BCUT2D eigenvalue weighted by Gasteiger charge is 2.27. The van der Waals surface area contributed by atoms with Crippen molar-refractivity contribution in [3.05, 3.63) is 47.5 Å². The first-order valence-corrected chi connectivity index (χ1v) is 8.80. The standard InChI is InChI=1S/C19H26N4O/c1-14(2)23-18(9-10-20-23)19(24)22-11-5-7-16(13-22)12-17-8-4-6-15(3)21-17/h4,6,8-10,14,16H,5,7,11-13H2,1-3H3/t16-/m1/s1. The van der Waals surface area contributed by atoms with Crippen molar-refractivity contribution < 1.29 is 4.79 Å². The molecule has 1 fully saturated rings. The molecule has 0 unspecified atom stereocenters. The van der Waals surface area contributed by atoms with Crippen LogP contribution in [0.5, 0.6) is 0 Å². The second-order valence-electron chi connectivity index (χ2n) is 6.99. The molecule has 2 aromatic rings. The van der Waals surface area contributed by atoms with Crippen LogP contribution in [0.4, 0.5) is 0 Å². The van der Waals surface area contributed by atoms with Crippen LogP contribution in [0.1, 0.15) is 54.6 Å². The number of carbonyl (C=O) groups excluding carboxylic acids is 1. The van der Waals surface area contributed by atoms with Crippen LogP contribution in [0.25, 0.3) is 0 Å². The maximum atomic E-state index is 12.9. The molecule has 0 N–H and O–H groups in total. The summed E-state index contributed by atoms with van der Waals surface area (Å²) < 4.78 is 1.81. The second-order valence-corrected chi connectivity index (χ2v) is 6.99. The van der Waals surface area contributed by atoms with E-state index in [1.807, 2.05) is 42.5 Å². The van der Waals surface area contributed by atoms with Crippen molar-refractivity contribution in [2.75, 3.05) is 13.1 Å². The van der Waals surface area contributed by atoms with E-state index in [0.717, 1.165) is 43.7 Å². The van der Waals surface area contributed by atoms with E-state index in [1.165, 1.54) is 0 Å². The molecule has 128 valence electrons. The maximum Gasteiger partial charge on any atom is 0.272 e. The Hall–Kier alpha value is -2.17.